The van der Waals surface area contributed by atoms with Gasteiger partial charge in [0.2, 0.25) is 6.86 Å². The predicted octanol–water partition coefficient (Wildman–Crippen LogP) is 3.72. The fourth-order valence-electron chi connectivity index (χ4n) is 2.18. The highest BCUT2D eigenvalue weighted by molar-refractivity contribution is 8.01. The van der Waals surface area contributed by atoms with E-state index < -0.39 is 36.1 Å². The minimum Gasteiger partial charge on any atom is -0.463 e. The van der Waals surface area contributed by atoms with E-state index >= 15 is 0 Å². The maximum atomic E-state index is 14.2. The van der Waals surface area contributed by atoms with E-state index in [1.54, 1.807) is 0 Å². The van der Waals surface area contributed by atoms with Crippen LogP contribution < -0.4 is 15.8 Å². The number of alkyl halides is 1. The molecule has 29 heavy (non-hydrogen) atoms. The lowest BCUT2D eigenvalue weighted by Crippen LogP contribution is -2.41. The Morgan fingerprint density at radius 1 is 1.28 bits per heavy atom. The van der Waals surface area contributed by atoms with Gasteiger partial charge in [-0.05, 0) is 32.0 Å². The number of anilines is 1. The Hall–Kier alpha value is -2.66. The van der Waals surface area contributed by atoms with Crippen molar-refractivity contribution >= 4 is 45.9 Å². The molecule has 0 saturated carbocycles. The number of halogens is 2. The molecule has 0 spiro atoms. The Kier molecular flexibility index (Phi) is 7.20. The van der Waals surface area contributed by atoms with Crippen LogP contribution in [0.25, 0.3) is 0 Å². The van der Waals surface area contributed by atoms with Gasteiger partial charge in [0, 0.05) is 17.9 Å². The number of carbonyl (C=O) groups excluding carboxylic acids is 3. The highest BCUT2D eigenvalue weighted by atomic mass is 32.2. The molecule has 0 atom stereocenters. The van der Waals surface area contributed by atoms with E-state index in [0.717, 1.165) is 29.2 Å². The molecule has 1 aromatic carbocycles. The minimum atomic E-state index is -1.48. The molecule has 0 unspecified atom stereocenters. The Balaban J connectivity index is 2.25. The van der Waals surface area contributed by atoms with Gasteiger partial charge in [0.05, 0.1) is 9.77 Å². The summed E-state index contributed by atoms with van der Waals surface area (Å²) in [6, 6.07) is 5.25. The second kappa shape index (κ2) is 9.23. The van der Waals surface area contributed by atoms with Crippen LogP contribution in [0, 0.1) is 5.82 Å². The van der Waals surface area contributed by atoms with Crippen molar-refractivity contribution in [2.45, 2.75) is 35.5 Å². The minimum absolute atomic E-state index is 0.0299. The number of esters is 1. The zero-order valence-corrected chi connectivity index (χ0v) is 17.3. The molecular weight excluding hydrogens is 426 g/mol. The van der Waals surface area contributed by atoms with Crippen molar-refractivity contribution < 1.29 is 32.6 Å². The third kappa shape index (κ3) is 5.91. The third-order valence-electron chi connectivity index (χ3n) is 3.48. The largest absolute Gasteiger partial charge is 0.463 e. The van der Waals surface area contributed by atoms with E-state index in [0.29, 0.717) is 4.21 Å². The number of hydrogen-bond donors (Lipinski definition) is 2. The maximum absolute atomic E-state index is 14.2. The Morgan fingerprint density at radius 3 is 2.52 bits per heavy atom. The van der Waals surface area contributed by atoms with E-state index in [-0.39, 0.29) is 21.2 Å². The lowest BCUT2D eigenvalue weighted by Gasteiger charge is -2.22. The summed E-state index contributed by atoms with van der Waals surface area (Å²) in [4.78, 5) is 35.5. The molecule has 0 aliphatic heterocycles. The van der Waals surface area contributed by atoms with E-state index in [4.69, 9.17) is 10.5 Å². The van der Waals surface area contributed by atoms with Crippen LogP contribution in [0.2, 0.25) is 0 Å². The van der Waals surface area contributed by atoms with Crippen molar-refractivity contribution in [2.24, 2.45) is 5.73 Å². The normalized spacial score (nSPS) is 11.1. The molecule has 0 aliphatic carbocycles. The standard InChI is InChI=1S/C18H18F2N2O5S2/c1-9(23)27-18(2,3)17(25)22-16-11(15(21)24)7-14(29-16)28-13-5-4-10(26-8-19)6-12(13)20/h4-7H,8H2,1-3H3,(H2,21,24)(H,22,25). The summed E-state index contributed by atoms with van der Waals surface area (Å²) < 4.78 is 36.4. The first-order chi connectivity index (χ1) is 13.5. The highest BCUT2D eigenvalue weighted by Gasteiger charge is 2.32. The number of carbonyl (C=O) groups is 3. The Bertz CT molecular complexity index is 946. The first-order valence-corrected chi connectivity index (χ1v) is 9.77. The van der Waals surface area contributed by atoms with E-state index in [1.807, 2.05) is 0 Å². The molecule has 11 heteroatoms. The van der Waals surface area contributed by atoms with Gasteiger partial charge in [-0.1, -0.05) is 11.8 Å². The lowest BCUT2D eigenvalue weighted by molar-refractivity contribution is -0.160. The molecule has 7 nitrogen and oxygen atoms in total. The molecule has 0 radical (unpaired) electrons. The lowest BCUT2D eigenvalue weighted by atomic mass is 10.1. The number of ether oxygens (including phenoxy) is 2. The number of amides is 2. The molecule has 3 N–H and O–H groups in total. The quantitative estimate of drug-likeness (QED) is 0.601. The van der Waals surface area contributed by atoms with Crippen molar-refractivity contribution in [3.05, 3.63) is 35.6 Å². The van der Waals surface area contributed by atoms with Crippen molar-refractivity contribution in [2.75, 3.05) is 12.2 Å². The van der Waals surface area contributed by atoms with Gasteiger partial charge in [0.15, 0.2) is 5.60 Å². The SMILES string of the molecule is CC(=O)OC(C)(C)C(=O)Nc1sc(Sc2ccc(OCF)cc2F)cc1C(N)=O. The number of benzene rings is 1. The Labute approximate surface area is 173 Å². The van der Waals surface area contributed by atoms with Crippen molar-refractivity contribution in [3.63, 3.8) is 0 Å². The molecule has 1 aromatic heterocycles. The van der Waals surface area contributed by atoms with E-state index in [9.17, 15) is 23.2 Å². The molecule has 2 aromatic rings. The molecule has 0 aliphatic rings. The summed E-state index contributed by atoms with van der Waals surface area (Å²) in [7, 11) is 0. The van der Waals surface area contributed by atoms with Gasteiger partial charge in [-0.25, -0.2) is 8.78 Å². The summed E-state index contributed by atoms with van der Waals surface area (Å²) in [6.07, 6.45) is 0. The monoisotopic (exact) mass is 444 g/mol. The number of nitrogens with one attached hydrogen (secondary N) is 1. The van der Waals surface area contributed by atoms with Gasteiger partial charge in [-0.15, -0.1) is 11.3 Å². The summed E-state index contributed by atoms with van der Waals surface area (Å²) >= 11 is 1.99. The van der Waals surface area contributed by atoms with Crippen LogP contribution in [-0.4, -0.2) is 30.2 Å². The molecule has 2 rings (SSSR count). The highest BCUT2D eigenvalue weighted by Crippen LogP contribution is 2.40. The molecule has 156 valence electrons. The summed E-state index contributed by atoms with van der Waals surface area (Å²) in [5.41, 5.74) is 3.92. The smallest absolute Gasteiger partial charge is 0.303 e. The number of thiophene rings is 1. The van der Waals surface area contributed by atoms with Gasteiger partial charge >= 0.3 is 5.97 Å². The first kappa shape index (κ1) is 22.6. The second-order valence-electron chi connectivity index (χ2n) is 6.18. The van der Waals surface area contributed by atoms with Crippen LogP contribution in [0.15, 0.2) is 33.4 Å². The fraction of sp³-hybridized carbons (Fsp3) is 0.278. The van der Waals surface area contributed by atoms with Crippen molar-refractivity contribution in [1.82, 2.24) is 0 Å². The van der Waals surface area contributed by atoms with Gasteiger partial charge in [0.1, 0.15) is 16.6 Å². The van der Waals surface area contributed by atoms with Crippen molar-refractivity contribution in [3.8, 4) is 5.75 Å². The van der Waals surface area contributed by atoms with Crippen LogP contribution in [0.1, 0.15) is 31.1 Å². The molecule has 2 amide bonds. The van der Waals surface area contributed by atoms with E-state index in [2.05, 4.69) is 10.1 Å². The number of rotatable bonds is 8. The van der Waals surface area contributed by atoms with Crippen LogP contribution in [0.4, 0.5) is 13.8 Å². The fourth-order valence-corrected chi connectivity index (χ4v) is 4.34. The molecule has 1 heterocycles. The average Bonchev–Trinajstić information content (AvgIpc) is 2.99. The first-order valence-electron chi connectivity index (χ1n) is 8.14. The van der Waals surface area contributed by atoms with Gasteiger partial charge in [-0.2, -0.15) is 0 Å². The molecule has 0 bridgehead atoms. The van der Waals surface area contributed by atoms with Crippen LogP contribution >= 0.6 is 23.1 Å². The summed E-state index contributed by atoms with van der Waals surface area (Å²) in [6.45, 7) is 2.88. The predicted molar refractivity (Wildman–Crippen MR) is 104 cm³/mol. The van der Waals surface area contributed by atoms with Gasteiger partial charge in [-0.3, -0.25) is 14.4 Å². The molecular formula is C18H18F2N2O5S2. The summed E-state index contributed by atoms with van der Waals surface area (Å²) in [5, 5.41) is 2.66. The number of hydrogen-bond acceptors (Lipinski definition) is 7. The zero-order chi connectivity index (χ0) is 21.8. The Morgan fingerprint density at radius 2 is 1.97 bits per heavy atom. The van der Waals surface area contributed by atoms with Gasteiger partial charge in [0.25, 0.3) is 11.8 Å². The third-order valence-corrected chi connectivity index (χ3v) is 5.70. The van der Waals surface area contributed by atoms with Crippen LogP contribution in [-0.2, 0) is 14.3 Å². The van der Waals surface area contributed by atoms with Gasteiger partial charge < -0.3 is 20.5 Å². The molecule has 0 fully saturated rings. The number of nitrogens with two attached hydrogens (primary N) is 1. The van der Waals surface area contributed by atoms with Crippen LogP contribution in [0.3, 0.4) is 0 Å². The summed E-state index contributed by atoms with van der Waals surface area (Å²) in [5.74, 6) is -2.69. The molecule has 0 saturated heterocycles. The zero-order valence-electron chi connectivity index (χ0n) is 15.7. The van der Waals surface area contributed by atoms with Crippen molar-refractivity contribution in [1.29, 1.82) is 0 Å². The van der Waals surface area contributed by atoms with E-state index in [1.165, 1.54) is 39.0 Å². The maximum Gasteiger partial charge on any atom is 0.303 e. The van der Waals surface area contributed by atoms with Crippen LogP contribution in [0.5, 0.6) is 5.75 Å². The topological polar surface area (TPSA) is 108 Å². The number of primary amides is 1. The second-order valence-corrected chi connectivity index (χ2v) is 8.57. The average molecular weight is 444 g/mol.